The molecular formula is C18H33NO4. The van der Waals surface area contributed by atoms with Gasteiger partial charge in [0.1, 0.15) is 12.1 Å². The van der Waals surface area contributed by atoms with E-state index in [-0.39, 0.29) is 12.0 Å². The van der Waals surface area contributed by atoms with Gasteiger partial charge in [0.15, 0.2) is 0 Å². The molecule has 1 aliphatic carbocycles. The topological polar surface area (TPSA) is 64.6 Å². The molecule has 1 aliphatic rings. The minimum atomic E-state index is -0.666. The minimum Gasteiger partial charge on any atom is -0.464 e. The molecule has 0 bridgehead atoms. The van der Waals surface area contributed by atoms with Crippen LogP contribution < -0.4 is 5.32 Å². The first kappa shape index (κ1) is 19.8. The highest BCUT2D eigenvalue weighted by Gasteiger charge is 2.34. The molecule has 134 valence electrons. The van der Waals surface area contributed by atoms with Crippen LogP contribution in [0.1, 0.15) is 60.8 Å². The predicted octanol–water partition coefficient (Wildman–Crippen LogP) is 3.76. The highest BCUT2D eigenvalue weighted by molar-refractivity contribution is 5.81. The number of hydrogen-bond acceptors (Lipinski definition) is 4. The van der Waals surface area contributed by atoms with Crippen molar-refractivity contribution in [1.82, 2.24) is 5.32 Å². The lowest BCUT2D eigenvalue weighted by atomic mass is 9.75. The summed E-state index contributed by atoms with van der Waals surface area (Å²) < 4.78 is 10.7. The molecule has 1 fully saturated rings. The van der Waals surface area contributed by atoms with Gasteiger partial charge in [-0.05, 0) is 43.4 Å². The van der Waals surface area contributed by atoms with Crippen LogP contribution in [0.25, 0.3) is 0 Å². The third kappa shape index (κ3) is 6.04. The lowest BCUT2D eigenvalue weighted by Crippen LogP contribution is -2.47. The van der Waals surface area contributed by atoms with Crippen molar-refractivity contribution in [2.75, 3.05) is 6.61 Å². The lowest BCUT2D eigenvalue weighted by Gasteiger charge is -2.37. The van der Waals surface area contributed by atoms with Crippen molar-refractivity contribution in [3.8, 4) is 0 Å². The quantitative estimate of drug-likeness (QED) is 0.754. The summed E-state index contributed by atoms with van der Waals surface area (Å²) in [6.45, 7) is 12.3. The first-order valence-electron chi connectivity index (χ1n) is 8.90. The van der Waals surface area contributed by atoms with Crippen molar-refractivity contribution in [2.24, 2.45) is 23.7 Å². The first-order chi connectivity index (χ1) is 10.8. The molecule has 1 rings (SSSR count). The summed E-state index contributed by atoms with van der Waals surface area (Å²) in [6.07, 6.45) is 2.57. The van der Waals surface area contributed by atoms with E-state index in [1.54, 1.807) is 6.92 Å². The largest absolute Gasteiger partial charge is 0.464 e. The molecule has 4 atom stereocenters. The summed E-state index contributed by atoms with van der Waals surface area (Å²) >= 11 is 0. The van der Waals surface area contributed by atoms with E-state index in [0.29, 0.717) is 24.4 Å². The van der Waals surface area contributed by atoms with E-state index in [9.17, 15) is 9.59 Å². The van der Waals surface area contributed by atoms with Gasteiger partial charge in [-0.25, -0.2) is 9.59 Å². The van der Waals surface area contributed by atoms with Crippen LogP contribution in [0.2, 0.25) is 0 Å². The molecule has 1 N–H and O–H groups in total. The summed E-state index contributed by atoms with van der Waals surface area (Å²) in [5.41, 5.74) is 0. The smallest absolute Gasteiger partial charge is 0.408 e. The maximum absolute atomic E-state index is 12.3. The maximum Gasteiger partial charge on any atom is 0.408 e. The van der Waals surface area contributed by atoms with Crippen LogP contribution in [0, 0.1) is 23.7 Å². The van der Waals surface area contributed by atoms with E-state index in [1.165, 1.54) is 6.42 Å². The second-order valence-corrected chi connectivity index (χ2v) is 7.39. The number of carbonyl (C=O) groups excluding carboxylic acids is 2. The monoisotopic (exact) mass is 327 g/mol. The molecule has 0 saturated heterocycles. The second-order valence-electron chi connectivity index (χ2n) is 7.39. The Bertz CT molecular complexity index is 394. The summed E-state index contributed by atoms with van der Waals surface area (Å²) in [5, 5.41) is 2.69. The normalized spacial score (nSPS) is 26.0. The molecule has 0 unspecified atom stereocenters. The van der Waals surface area contributed by atoms with Crippen LogP contribution in [-0.2, 0) is 14.3 Å². The molecule has 0 aromatic carbocycles. The third-order valence-electron chi connectivity index (χ3n) is 4.70. The van der Waals surface area contributed by atoms with Gasteiger partial charge in [0, 0.05) is 0 Å². The number of alkyl carbamates (subject to hydrolysis) is 1. The highest BCUT2D eigenvalue weighted by Crippen LogP contribution is 2.35. The Morgan fingerprint density at radius 2 is 1.83 bits per heavy atom. The summed E-state index contributed by atoms with van der Waals surface area (Å²) in [4.78, 5) is 24.2. The van der Waals surface area contributed by atoms with Gasteiger partial charge in [-0.2, -0.15) is 0 Å². The Morgan fingerprint density at radius 3 is 2.35 bits per heavy atom. The number of amides is 1. The molecule has 0 spiro atoms. The van der Waals surface area contributed by atoms with Gasteiger partial charge in [-0.3, -0.25) is 0 Å². The van der Waals surface area contributed by atoms with Crippen molar-refractivity contribution >= 4 is 12.1 Å². The maximum atomic E-state index is 12.3. The van der Waals surface area contributed by atoms with Crippen LogP contribution in [0.15, 0.2) is 0 Å². The van der Waals surface area contributed by atoms with E-state index >= 15 is 0 Å². The number of hydrogen-bond donors (Lipinski definition) is 1. The summed E-state index contributed by atoms with van der Waals surface area (Å²) in [7, 11) is 0. The Labute approximate surface area is 140 Å². The predicted molar refractivity (Wildman–Crippen MR) is 90.0 cm³/mol. The minimum absolute atomic E-state index is 0.0484. The molecule has 0 heterocycles. The van der Waals surface area contributed by atoms with E-state index in [1.807, 2.05) is 13.8 Å². The average molecular weight is 327 g/mol. The number of ether oxygens (including phenoxy) is 2. The molecular weight excluding hydrogens is 294 g/mol. The zero-order valence-electron chi connectivity index (χ0n) is 15.4. The third-order valence-corrected chi connectivity index (χ3v) is 4.70. The zero-order valence-corrected chi connectivity index (χ0v) is 15.4. The van der Waals surface area contributed by atoms with Crippen molar-refractivity contribution in [1.29, 1.82) is 0 Å². The van der Waals surface area contributed by atoms with Crippen molar-refractivity contribution in [3.63, 3.8) is 0 Å². The Kier molecular flexibility index (Phi) is 7.86. The van der Waals surface area contributed by atoms with Crippen LogP contribution in [-0.4, -0.2) is 30.8 Å². The Morgan fingerprint density at radius 1 is 1.17 bits per heavy atom. The fourth-order valence-corrected chi connectivity index (χ4v) is 3.28. The van der Waals surface area contributed by atoms with E-state index in [0.717, 1.165) is 12.8 Å². The fraction of sp³-hybridized carbons (Fsp3) is 0.889. The Balaban J connectivity index is 2.66. The molecule has 23 heavy (non-hydrogen) atoms. The van der Waals surface area contributed by atoms with Crippen LogP contribution >= 0.6 is 0 Å². The number of carbonyl (C=O) groups is 2. The Hall–Kier alpha value is -1.26. The molecule has 5 heteroatoms. The highest BCUT2D eigenvalue weighted by atomic mass is 16.6. The molecule has 0 aliphatic heterocycles. The molecule has 1 amide bonds. The lowest BCUT2D eigenvalue weighted by molar-refractivity contribution is -0.146. The van der Waals surface area contributed by atoms with E-state index in [4.69, 9.17) is 9.47 Å². The van der Waals surface area contributed by atoms with Gasteiger partial charge in [0.05, 0.1) is 6.61 Å². The SMILES string of the molecule is CCOC(=O)[C@H](NC(=O)O[C@@H]1C[C@H](C)CC[C@H]1C(C)C)C(C)C. The van der Waals surface area contributed by atoms with Crippen LogP contribution in [0.5, 0.6) is 0 Å². The van der Waals surface area contributed by atoms with Gasteiger partial charge in [-0.15, -0.1) is 0 Å². The van der Waals surface area contributed by atoms with Gasteiger partial charge >= 0.3 is 12.1 Å². The second kappa shape index (κ2) is 9.14. The first-order valence-corrected chi connectivity index (χ1v) is 8.90. The van der Waals surface area contributed by atoms with Crippen LogP contribution in [0.3, 0.4) is 0 Å². The molecule has 0 radical (unpaired) electrons. The van der Waals surface area contributed by atoms with Gasteiger partial charge in [-0.1, -0.05) is 41.0 Å². The zero-order chi connectivity index (χ0) is 17.6. The molecule has 1 saturated carbocycles. The van der Waals surface area contributed by atoms with Crippen molar-refractivity contribution in [3.05, 3.63) is 0 Å². The molecule has 0 aromatic heterocycles. The van der Waals surface area contributed by atoms with E-state index in [2.05, 4.69) is 26.1 Å². The van der Waals surface area contributed by atoms with Crippen molar-refractivity contribution < 1.29 is 19.1 Å². The summed E-state index contributed by atoms with van der Waals surface area (Å²) in [6, 6.07) is -0.666. The molecule has 5 nitrogen and oxygen atoms in total. The van der Waals surface area contributed by atoms with Gasteiger partial charge in [0.25, 0.3) is 0 Å². The molecule has 0 aromatic rings. The van der Waals surface area contributed by atoms with Crippen molar-refractivity contribution in [2.45, 2.75) is 73.0 Å². The van der Waals surface area contributed by atoms with Gasteiger partial charge < -0.3 is 14.8 Å². The summed E-state index contributed by atoms with van der Waals surface area (Å²) in [5.74, 6) is 0.974. The average Bonchev–Trinajstić information content (AvgIpc) is 2.44. The van der Waals surface area contributed by atoms with E-state index < -0.39 is 18.1 Å². The standard InChI is InChI=1S/C18H33NO4/c1-7-22-17(20)16(12(4)5)19-18(21)23-15-10-13(6)8-9-14(15)11(2)3/h11-16H,7-10H2,1-6H3,(H,19,21)/t13-,14+,15-,16-/m1/s1. The number of rotatable bonds is 6. The fourth-order valence-electron chi connectivity index (χ4n) is 3.28. The van der Waals surface area contributed by atoms with Gasteiger partial charge in [0.2, 0.25) is 0 Å². The number of nitrogens with one attached hydrogen (secondary N) is 1. The number of esters is 1. The van der Waals surface area contributed by atoms with Crippen LogP contribution in [0.4, 0.5) is 4.79 Å².